The molecule has 0 aliphatic heterocycles. The normalized spacial score (nSPS) is 11.9. The summed E-state index contributed by atoms with van der Waals surface area (Å²) in [5, 5.41) is 0. The van der Waals surface area contributed by atoms with E-state index in [0.29, 0.717) is 12.2 Å². The smallest absolute Gasteiger partial charge is 0.335 e. The highest BCUT2D eigenvalue weighted by molar-refractivity contribution is 5.87. The largest absolute Gasteiger partial charge is 0.432 e. The van der Waals surface area contributed by atoms with E-state index >= 15 is 0 Å². The highest BCUT2D eigenvalue weighted by Crippen LogP contribution is 2.05. The number of hydrogen-bond acceptors (Lipinski definition) is 4. The van der Waals surface area contributed by atoms with Gasteiger partial charge in [0.1, 0.15) is 5.78 Å². The number of carbonyl (C=O) groups excluding carboxylic acids is 2. The summed E-state index contributed by atoms with van der Waals surface area (Å²) < 4.78 is 9.95. The molecule has 4 nitrogen and oxygen atoms in total. The first-order valence-corrected chi connectivity index (χ1v) is 4.44. The Balaban J connectivity index is 4.14. The lowest BCUT2D eigenvalue weighted by atomic mass is 10.3. The van der Waals surface area contributed by atoms with Crippen LogP contribution in [0.2, 0.25) is 0 Å². The third-order valence-electron chi connectivity index (χ3n) is 1.39. The number of carbonyl (C=O) groups is 2. The molecule has 0 aromatic heterocycles. The van der Waals surface area contributed by atoms with Crippen LogP contribution in [0.5, 0.6) is 0 Å². The Labute approximate surface area is 83.9 Å². The molecule has 0 N–H and O–H groups in total. The predicted molar refractivity (Wildman–Crippen MR) is 51.6 cm³/mol. The van der Waals surface area contributed by atoms with Gasteiger partial charge in [0.2, 0.25) is 6.29 Å². The third-order valence-corrected chi connectivity index (χ3v) is 1.39. The predicted octanol–water partition coefficient (Wildman–Crippen LogP) is 1.45. The monoisotopic (exact) mass is 200 g/mol. The number of ketones is 1. The van der Waals surface area contributed by atoms with Crippen molar-refractivity contribution < 1.29 is 19.1 Å². The molecule has 0 fully saturated rings. The summed E-state index contributed by atoms with van der Waals surface area (Å²) in [4.78, 5) is 21.9. The maximum Gasteiger partial charge on any atom is 0.335 e. The summed E-state index contributed by atoms with van der Waals surface area (Å²) in [5.41, 5.74) is 0.290. The standard InChI is InChI=1S/C10H16O4/c1-5-13-9(6-8(4)11)14-10(12)7(2)3/h9H,2,5-6H2,1,3-4H3. The van der Waals surface area contributed by atoms with Gasteiger partial charge in [0.15, 0.2) is 0 Å². The lowest BCUT2D eigenvalue weighted by Crippen LogP contribution is -2.24. The van der Waals surface area contributed by atoms with Crippen LogP contribution in [-0.4, -0.2) is 24.6 Å². The zero-order valence-corrected chi connectivity index (χ0v) is 8.83. The molecule has 80 valence electrons. The van der Waals surface area contributed by atoms with Crippen molar-refractivity contribution in [2.24, 2.45) is 0 Å². The highest BCUT2D eigenvalue weighted by atomic mass is 16.7. The Hall–Kier alpha value is -1.16. The molecule has 0 aliphatic carbocycles. The summed E-state index contributed by atoms with van der Waals surface area (Å²) >= 11 is 0. The molecule has 0 aliphatic rings. The van der Waals surface area contributed by atoms with Gasteiger partial charge in [-0.2, -0.15) is 0 Å². The quantitative estimate of drug-likeness (QED) is 0.370. The Morgan fingerprint density at radius 3 is 2.29 bits per heavy atom. The van der Waals surface area contributed by atoms with Crippen molar-refractivity contribution in [3.63, 3.8) is 0 Å². The van der Waals surface area contributed by atoms with Crippen LogP contribution in [-0.2, 0) is 19.1 Å². The van der Waals surface area contributed by atoms with Crippen molar-refractivity contribution in [2.75, 3.05) is 6.61 Å². The fourth-order valence-corrected chi connectivity index (χ4v) is 0.775. The molecule has 1 unspecified atom stereocenters. The molecule has 0 saturated carbocycles. The number of Topliss-reactive ketones (excluding diaryl/α,β-unsaturated/α-hetero) is 1. The zero-order valence-electron chi connectivity index (χ0n) is 8.83. The summed E-state index contributed by atoms with van der Waals surface area (Å²) in [6.45, 7) is 8.55. The molecule has 14 heavy (non-hydrogen) atoms. The Morgan fingerprint density at radius 1 is 1.36 bits per heavy atom. The topological polar surface area (TPSA) is 52.6 Å². The molecule has 0 bridgehead atoms. The van der Waals surface area contributed by atoms with Gasteiger partial charge in [-0.25, -0.2) is 4.79 Å². The van der Waals surface area contributed by atoms with E-state index < -0.39 is 12.3 Å². The fourth-order valence-electron chi connectivity index (χ4n) is 0.775. The maximum atomic E-state index is 11.1. The van der Waals surface area contributed by atoms with Crippen LogP contribution < -0.4 is 0 Å². The van der Waals surface area contributed by atoms with Crippen molar-refractivity contribution in [3.05, 3.63) is 12.2 Å². The van der Waals surface area contributed by atoms with Crippen LogP contribution in [0.3, 0.4) is 0 Å². The average Bonchev–Trinajstić information content (AvgIpc) is 2.02. The lowest BCUT2D eigenvalue weighted by molar-refractivity contribution is -0.175. The third kappa shape index (κ3) is 5.48. The maximum absolute atomic E-state index is 11.1. The average molecular weight is 200 g/mol. The molecular weight excluding hydrogens is 184 g/mol. The summed E-state index contributed by atoms with van der Waals surface area (Å²) in [7, 11) is 0. The van der Waals surface area contributed by atoms with Crippen LogP contribution in [0.1, 0.15) is 27.2 Å². The van der Waals surface area contributed by atoms with E-state index in [9.17, 15) is 9.59 Å². The molecule has 0 rings (SSSR count). The fraction of sp³-hybridized carbons (Fsp3) is 0.600. The van der Waals surface area contributed by atoms with E-state index in [4.69, 9.17) is 9.47 Å². The molecule has 0 aromatic carbocycles. The molecular formula is C10H16O4. The van der Waals surface area contributed by atoms with E-state index in [0.717, 1.165) is 0 Å². The van der Waals surface area contributed by atoms with E-state index in [1.165, 1.54) is 6.92 Å². The van der Waals surface area contributed by atoms with Crippen LogP contribution >= 0.6 is 0 Å². The van der Waals surface area contributed by atoms with Gasteiger partial charge in [-0.05, 0) is 20.8 Å². The van der Waals surface area contributed by atoms with E-state index in [2.05, 4.69) is 6.58 Å². The summed E-state index contributed by atoms with van der Waals surface area (Å²) in [5.74, 6) is -0.623. The van der Waals surface area contributed by atoms with Crippen molar-refractivity contribution >= 4 is 11.8 Å². The second kappa shape index (κ2) is 6.32. The minimum atomic E-state index is -0.790. The Bertz CT molecular complexity index is 232. The van der Waals surface area contributed by atoms with Crippen molar-refractivity contribution in [2.45, 2.75) is 33.5 Å². The number of esters is 1. The van der Waals surface area contributed by atoms with Gasteiger partial charge in [0, 0.05) is 12.2 Å². The second-order valence-electron chi connectivity index (χ2n) is 2.98. The molecule has 0 saturated heterocycles. The van der Waals surface area contributed by atoms with Gasteiger partial charge < -0.3 is 9.47 Å². The van der Waals surface area contributed by atoms with Gasteiger partial charge >= 0.3 is 5.97 Å². The molecule has 0 radical (unpaired) electrons. The minimum absolute atomic E-state index is 0.0762. The highest BCUT2D eigenvalue weighted by Gasteiger charge is 2.16. The molecule has 1 atom stereocenters. The minimum Gasteiger partial charge on any atom is -0.432 e. The molecule has 0 amide bonds. The molecule has 0 spiro atoms. The SMILES string of the molecule is C=C(C)C(=O)OC(CC(C)=O)OCC. The first-order valence-electron chi connectivity index (χ1n) is 4.44. The lowest BCUT2D eigenvalue weighted by Gasteiger charge is -2.16. The van der Waals surface area contributed by atoms with E-state index in [1.807, 2.05) is 0 Å². The number of rotatable bonds is 6. The van der Waals surface area contributed by atoms with Gasteiger partial charge in [-0.3, -0.25) is 4.79 Å². The number of ether oxygens (including phenoxy) is 2. The van der Waals surface area contributed by atoms with E-state index in [1.54, 1.807) is 13.8 Å². The van der Waals surface area contributed by atoms with Gasteiger partial charge in [-0.15, -0.1) is 0 Å². The Kier molecular flexibility index (Phi) is 5.79. The van der Waals surface area contributed by atoms with E-state index in [-0.39, 0.29) is 12.2 Å². The van der Waals surface area contributed by atoms with Crippen LogP contribution in [0.25, 0.3) is 0 Å². The van der Waals surface area contributed by atoms with Crippen LogP contribution in [0.15, 0.2) is 12.2 Å². The second-order valence-corrected chi connectivity index (χ2v) is 2.98. The molecule has 0 aromatic rings. The number of hydrogen-bond donors (Lipinski definition) is 0. The zero-order chi connectivity index (χ0) is 11.1. The first kappa shape index (κ1) is 12.8. The van der Waals surface area contributed by atoms with Crippen molar-refractivity contribution in [1.29, 1.82) is 0 Å². The summed E-state index contributed by atoms with van der Waals surface area (Å²) in [6, 6.07) is 0. The molecule has 0 heterocycles. The van der Waals surface area contributed by atoms with Crippen LogP contribution in [0, 0.1) is 0 Å². The van der Waals surface area contributed by atoms with Crippen LogP contribution in [0.4, 0.5) is 0 Å². The Morgan fingerprint density at radius 2 is 1.93 bits per heavy atom. The van der Waals surface area contributed by atoms with Gasteiger partial charge in [-0.1, -0.05) is 6.58 Å². The van der Waals surface area contributed by atoms with Crippen molar-refractivity contribution in [3.8, 4) is 0 Å². The summed E-state index contributed by atoms with van der Waals surface area (Å²) in [6.07, 6.45) is -0.714. The molecule has 4 heteroatoms. The first-order chi connectivity index (χ1) is 6.47. The van der Waals surface area contributed by atoms with Gasteiger partial charge in [0.05, 0.1) is 6.42 Å². The van der Waals surface area contributed by atoms with Gasteiger partial charge in [0.25, 0.3) is 0 Å². The van der Waals surface area contributed by atoms with Crippen molar-refractivity contribution in [1.82, 2.24) is 0 Å².